The summed E-state index contributed by atoms with van der Waals surface area (Å²) in [4.78, 5) is 26.7. The first kappa shape index (κ1) is 17.1. The molecule has 1 aliphatic heterocycles. The average Bonchev–Trinajstić information content (AvgIpc) is 3.51. The molecule has 0 unspecified atom stereocenters. The van der Waals surface area contributed by atoms with E-state index in [1.807, 2.05) is 23.1 Å². The van der Waals surface area contributed by atoms with Gasteiger partial charge in [-0.15, -0.1) is 0 Å². The van der Waals surface area contributed by atoms with E-state index in [-0.39, 0.29) is 11.9 Å². The topological polar surface area (TPSA) is 61.4 Å². The predicted molar refractivity (Wildman–Crippen MR) is 106 cm³/mol. The molecule has 5 rings (SSSR count). The molecule has 0 radical (unpaired) electrons. The molecule has 1 aromatic rings. The molecule has 0 spiro atoms. The Morgan fingerprint density at radius 1 is 1.15 bits per heavy atom. The molecule has 5 heteroatoms. The second-order valence-corrected chi connectivity index (χ2v) is 9.09. The van der Waals surface area contributed by atoms with Gasteiger partial charge in [-0.25, -0.2) is 4.79 Å². The molecule has 0 saturated heterocycles. The van der Waals surface area contributed by atoms with Gasteiger partial charge < -0.3 is 15.5 Å². The molecule has 4 aliphatic rings. The number of hydrogen-bond acceptors (Lipinski definition) is 2. The van der Waals surface area contributed by atoms with Gasteiger partial charge in [-0.1, -0.05) is 6.42 Å². The molecule has 1 aromatic carbocycles. The summed E-state index contributed by atoms with van der Waals surface area (Å²) < 4.78 is 0. The summed E-state index contributed by atoms with van der Waals surface area (Å²) >= 11 is 0. The van der Waals surface area contributed by atoms with Gasteiger partial charge in [0.05, 0.1) is 0 Å². The SMILES string of the molecule is O=C(NCC1(C2CC2)CCC1)Nc1ccc2c(c1)CCC(=O)N2CC1CC1. The Kier molecular flexibility index (Phi) is 4.14. The van der Waals surface area contributed by atoms with Gasteiger partial charge in [-0.05, 0) is 86.0 Å². The Bertz CT molecular complexity index is 763. The molecular weight excluding hydrogens is 338 g/mol. The van der Waals surface area contributed by atoms with Crippen molar-refractivity contribution >= 4 is 23.3 Å². The van der Waals surface area contributed by atoms with Gasteiger partial charge in [0, 0.05) is 30.9 Å². The Morgan fingerprint density at radius 2 is 1.96 bits per heavy atom. The lowest BCUT2D eigenvalue weighted by Gasteiger charge is -2.42. The number of nitrogens with one attached hydrogen (secondary N) is 2. The standard InChI is InChI=1S/C22H29N3O2/c26-20-9-4-16-12-18(7-8-19(16)25(20)13-15-2-3-15)24-21(27)23-14-22(10-1-11-22)17-5-6-17/h7-8,12,15,17H,1-6,9-11,13-14H2,(H2,23,24,27). The number of fused-ring (bicyclic) bond motifs is 1. The summed E-state index contributed by atoms with van der Waals surface area (Å²) in [7, 11) is 0. The van der Waals surface area contributed by atoms with Crippen LogP contribution in [0.2, 0.25) is 0 Å². The molecule has 3 amide bonds. The Balaban J connectivity index is 1.22. The van der Waals surface area contributed by atoms with Crippen LogP contribution in [0, 0.1) is 17.3 Å². The van der Waals surface area contributed by atoms with Gasteiger partial charge in [0.25, 0.3) is 0 Å². The van der Waals surface area contributed by atoms with Crippen molar-refractivity contribution in [2.75, 3.05) is 23.3 Å². The van der Waals surface area contributed by atoms with Crippen LogP contribution in [0.4, 0.5) is 16.2 Å². The monoisotopic (exact) mass is 367 g/mol. The molecule has 0 atom stereocenters. The van der Waals surface area contributed by atoms with E-state index in [1.54, 1.807) is 0 Å². The maximum atomic E-state index is 12.4. The first-order valence-corrected chi connectivity index (χ1v) is 10.6. The number of rotatable bonds is 6. The van der Waals surface area contributed by atoms with Gasteiger partial charge in [0.15, 0.2) is 0 Å². The van der Waals surface area contributed by atoms with E-state index < -0.39 is 0 Å². The second kappa shape index (κ2) is 6.54. The van der Waals surface area contributed by atoms with Crippen LogP contribution >= 0.6 is 0 Å². The van der Waals surface area contributed by atoms with Gasteiger partial charge in [-0.3, -0.25) is 4.79 Å². The van der Waals surface area contributed by atoms with E-state index >= 15 is 0 Å². The zero-order valence-corrected chi connectivity index (χ0v) is 15.9. The van der Waals surface area contributed by atoms with Crippen LogP contribution in [0.15, 0.2) is 18.2 Å². The molecule has 144 valence electrons. The molecule has 3 fully saturated rings. The fraction of sp³-hybridized carbons (Fsp3) is 0.636. The van der Waals surface area contributed by atoms with Gasteiger partial charge in [0.1, 0.15) is 0 Å². The lowest BCUT2D eigenvalue weighted by atomic mass is 9.65. The van der Waals surface area contributed by atoms with Crippen molar-refractivity contribution in [3.8, 4) is 0 Å². The number of nitrogens with zero attached hydrogens (tertiary/aromatic N) is 1. The maximum Gasteiger partial charge on any atom is 0.319 e. The maximum absolute atomic E-state index is 12.4. The minimum atomic E-state index is -0.108. The van der Waals surface area contributed by atoms with E-state index in [2.05, 4.69) is 10.6 Å². The summed E-state index contributed by atoms with van der Waals surface area (Å²) in [6.07, 6.45) is 10.3. The van der Waals surface area contributed by atoms with E-state index in [0.717, 1.165) is 36.8 Å². The predicted octanol–water partition coefficient (Wildman–Crippen LogP) is 4.08. The number of anilines is 2. The number of hydrogen-bond donors (Lipinski definition) is 2. The van der Waals surface area contributed by atoms with Gasteiger partial charge >= 0.3 is 6.03 Å². The first-order valence-electron chi connectivity index (χ1n) is 10.6. The van der Waals surface area contributed by atoms with Crippen molar-refractivity contribution in [2.45, 2.75) is 57.8 Å². The zero-order valence-electron chi connectivity index (χ0n) is 15.9. The van der Waals surface area contributed by atoms with Gasteiger partial charge in [-0.2, -0.15) is 0 Å². The fourth-order valence-electron chi connectivity index (χ4n) is 4.88. The Labute approximate surface area is 160 Å². The van der Waals surface area contributed by atoms with Crippen LogP contribution in [0.3, 0.4) is 0 Å². The van der Waals surface area contributed by atoms with Crippen LogP contribution in [0.25, 0.3) is 0 Å². The Morgan fingerprint density at radius 3 is 2.63 bits per heavy atom. The number of aryl methyl sites for hydroxylation is 1. The third kappa shape index (κ3) is 3.44. The second-order valence-electron chi connectivity index (χ2n) is 9.09. The van der Waals surface area contributed by atoms with Crippen LogP contribution in [-0.4, -0.2) is 25.0 Å². The highest BCUT2D eigenvalue weighted by molar-refractivity contribution is 5.97. The van der Waals surface area contributed by atoms with Crippen molar-refractivity contribution in [3.05, 3.63) is 23.8 Å². The quantitative estimate of drug-likeness (QED) is 0.796. The lowest BCUT2D eigenvalue weighted by molar-refractivity contribution is -0.118. The summed E-state index contributed by atoms with van der Waals surface area (Å²) in [5.74, 6) is 1.75. The van der Waals surface area contributed by atoms with E-state index in [1.165, 1.54) is 50.5 Å². The number of carbonyl (C=O) groups is 2. The van der Waals surface area contributed by atoms with Crippen molar-refractivity contribution < 1.29 is 9.59 Å². The minimum Gasteiger partial charge on any atom is -0.337 e. The molecule has 27 heavy (non-hydrogen) atoms. The average molecular weight is 367 g/mol. The normalized spacial score (nSPS) is 23.4. The lowest BCUT2D eigenvalue weighted by Crippen LogP contribution is -2.45. The molecule has 0 aromatic heterocycles. The summed E-state index contributed by atoms with van der Waals surface area (Å²) in [5.41, 5.74) is 3.41. The van der Waals surface area contributed by atoms with E-state index in [0.29, 0.717) is 17.8 Å². The molecule has 2 N–H and O–H groups in total. The first-order chi connectivity index (χ1) is 13.1. The van der Waals surface area contributed by atoms with Crippen LogP contribution < -0.4 is 15.5 Å². The van der Waals surface area contributed by atoms with E-state index in [4.69, 9.17) is 0 Å². The number of carbonyl (C=O) groups excluding carboxylic acids is 2. The molecule has 3 saturated carbocycles. The molecule has 3 aliphatic carbocycles. The number of benzene rings is 1. The van der Waals surface area contributed by atoms with Crippen LogP contribution in [-0.2, 0) is 11.2 Å². The van der Waals surface area contributed by atoms with E-state index in [9.17, 15) is 9.59 Å². The molecule has 0 bridgehead atoms. The summed E-state index contributed by atoms with van der Waals surface area (Å²) in [6.45, 7) is 1.65. The smallest absolute Gasteiger partial charge is 0.319 e. The van der Waals surface area contributed by atoms with Crippen molar-refractivity contribution in [3.63, 3.8) is 0 Å². The van der Waals surface area contributed by atoms with Crippen molar-refractivity contribution in [1.82, 2.24) is 5.32 Å². The molecular formula is C22H29N3O2. The Hall–Kier alpha value is -2.04. The summed E-state index contributed by atoms with van der Waals surface area (Å²) in [5, 5.41) is 6.11. The van der Waals surface area contributed by atoms with Crippen LogP contribution in [0.5, 0.6) is 0 Å². The highest BCUT2D eigenvalue weighted by atomic mass is 16.2. The zero-order chi connectivity index (χ0) is 18.4. The molecule has 1 heterocycles. The number of amides is 3. The third-order valence-electron chi connectivity index (χ3n) is 7.07. The summed E-state index contributed by atoms with van der Waals surface area (Å²) in [6, 6.07) is 5.86. The van der Waals surface area contributed by atoms with Crippen molar-refractivity contribution in [2.24, 2.45) is 17.3 Å². The highest BCUT2D eigenvalue weighted by Crippen LogP contribution is 2.56. The number of urea groups is 1. The highest BCUT2D eigenvalue weighted by Gasteiger charge is 2.48. The largest absolute Gasteiger partial charge is 0.337 e. The third-order valence-corrected chi connectivity index (χ3v) is 7.07. The van der Waals surface area contributed by atoms with Gasteiger partial charge in [0.2, 0.25) is 5.91 Å². The fourth-order valence-corrected chi connectivity index (χ4v) is 4.88. The minimum absolute atomic E-state index is 0.108. The van der Waals surface area contributed by atoms with Crippen LogP contribution in [0.1, 0.15) is 56.9 Å². The van der Waals surface area contributed by atoms with Crippen molar-refractivity contribution in [1.29, 1.82) is 0 Å². The molecule has 5 nitrogen and oxygen atoms in total.